The van der Waals surface area contributed by atoms with Crippen LogP contribution in [-0.2, 0) is 9.36 Å². The fourth-order valence-corrected chi connectivity index (χ4v) is 2.65. The molecular weight excluding hydrogens is 404 g/mol. The van der Waals surface area contributed by atoms with Crippen molar-refractivity contribution in [3.8, 4) is 11.8 Å². The molecule has 24 heavy (non-hydrogen) atoms. The second-order valence-electron chi connectivity index (χ2n) is 6.00. The molecule has 0 spiro atoms. The van der Waals surface area contributed by atoms with E-state index in [0.29, 0.717) is 18.8 Å². The molecule has 0 aliphatic rings. The van der Waals surface area contributed by atoms with Gasteiger partial charge in [-0.25, -0.2) is 0 Å². The number of nitrogens with one attached hydrogen (secondary N) is 2. The molecule has 2 N–H and O–H groups in total. The van der Waals surface area contributed by atoms with Crippen LogP contribution in [0.4, 0.5) is 0 Å². The molecule has 0 saturated carbocycles. The molecule has 0 saturated heterocycles. The summed E-state index contributed by atoms with van der Waals surface area (Å²) in [6, 6.07) is -1.16. The van der Waals surface area contributed by atoms with Crippen LogP contribution in [0.5, 0.6) is 0 Å². The molecule has 0 aromatic heterocycles. The zero-order chi connectivity index (χ0) is 16.6. The third kappa shape index (κ3) is 20.7. The van der Waals surface area contributed by atoms with Gasteiger partial charge in [-0.15, -0.1) is 0 Å². The van der Waals surface area contributed by atoms with Crippen molar-refractivity contribution in [3.05, 3.63) is 13.6 Å². The van der Waals surface area contributed by atoms with Crippen molar-refractivity contribution in [3.63, 3.8) is 0 Å². The van der Waals surface area contributed by atoms with E-state index in [0.717, 1.165) is 0 Å². The van der Waals surface area contributed by atoms with Crippen LogP contribution in [0.15, 0.2) is 0 Å². The standard InChI is InChI=1S/C15H27N2O3P.3K/c1-7-8-13(9-11(2)3)16-15(18)14(10-12(4)5)17-21(6,19)20;;;/h11-14H,1,6,9-10H2,2-5H3,(H,16,18)(H2,17,19,20);;;/q-2;3*+1/p-1. The van der Waals surface area contributed by atoms with Crippen LogP contribution in [0, 0.1) is 37.3 Å². The second kappa shape index (κ2) is 19.0. The summed E-state index contributed by atoms with van der Waals surface area (Å²) in [5, 5.41) is 5.08. The first kappa shape index (κ1) is 35.4. The van der Waals surface area contributed by atoms with E-state index in [-0.39, 0.29) is 172 Å². The van der Waals surface area contributed by atoms with Crippen LogP contribution in [-0.4, -0.2) is 18.0 Å². The summed E-state index contributed by atoms with van der Waals surface area (Å²) in [4.78, 5) is 23.6. The number of carbonyl (C=O) groups excluding carboxylic acids is 1. The fraction of sp³-hybridized carbons (Fsp3) is 0.667. The number of carbonyl (C=O) groups is 1. The van der Waals surface area contributed by atoms with Crippen molar-refractivity contribution in [1.82, 2.24) is 10.4 Å². The Hall–Kier alpha value is 3.96. The molecule has 0 rings (SSSR count). The van der Waals surface area contributed by atoms with Crippen LogP contribution in [0.2, 0.25) is 0 Å². The van der Waals surface area contributed by atoms with E-state index in [4.69, 9.17) is 0 Å². The predicted molar refractivity (Wildman–Crippen MR) is 83.9 cm³/mol. The van der Waals surface area contributed by atoms with Crippen LogP contribution in [0.25, 0.3) is 0 Å². The summed E-state index contributed by atoms with van der Waals surface area (Å²) in [5.74, 6) is 5.52. The molecule has 0 aromatic carbocycles. The van der Waals surface area contributed by atoms with Gasteiger partial charge in [0.1, 0.15) is 0 Å². The largest absolute Gasteiger partial charge is 1.00 e. The Morgan fingerprint density at radius 1 is 1.12 bits per heavy atom. The summed E-state index contributed by atoms with van der Waals surface area (Å²) in [5.41, 5.74) is 0. The maximum absolute atomic E-state index is 12.3. The van der Waals surface area contributed by atoms with Crippen molar-refractivity contribution < 1.29 is 168 Å². The zero-order valence-electron chi connectivity index (χ0n) is 16.3. The van der Waals surface area contributed by atoms with Crippen LogP contribution >= 0.6 is 7.52 Å². The molecule has 0 aliphatic heterocycles. The first-order chi connectivity index (χ1) is 9.55. The first-order valence-corrected chi connectivity index (χ1v) is 8.87. The quantitative estimate of drug-likeness (QED) is 0.174. The van der Waals surface area contributed by atoms with Crippen molar-refractivity contribution >= 4 is 13.4 Å². The molecule has 0 radical (unpaired) electrons. The molecule has 9 heteroatoms. The molecule has 0 heterocycles. The molecule has 3 atom stereocenters. The van der Waals surface area contributed by atoms with Crippen molar-refractivity contribution in [2.24, 2.45) is 11.8 Å². The molecule has 0 aliphatic carbocycles. The number of rotatable bonds is 8. The molecule has 122 valence electrons. The van der Waals surface area contributed by atoms with E-state index in [1.165, 1.54) is 0 Å². The minimum atomic E-state index is -3.98. The van der Waals surface area contributed by atoms with Crippen LogP contribution in [0.1, 0.15) is 40.5 Å². The maximum atomic E-state index is 12.3. The summed E-state index contributed by atoms with van der Waals surface area (Å²) < 4.78 is 11.3. The molecule has 0 bridgehead atoms. The Morgan fingerprint density at radius 2 is 1.58 bits per heavy atom. The normalized spacial score (nSPS) is 14.7. The van der Waals surface area contributed by atoms with Gasteiger partial charge < -0.3 is 20.7 Å². The van der Waals surface area contributed by atoms with Crippen molar-refractivity contribution in [1.29, 1.82) is 0 Å². The summed E-state index contributed by atoms with van der Waals surface area (Å²) in [7, 11) is -3.98. The Morgan fingerprint density at radius 3 is 1.92 bits per heavy atom. The Labute approximate surface area is 275 Å². The van der Waals surface area contributed by atoms with E-state index >= 15 is 0 Å². The van der Waals surface area contributed by atoms with Crippen molar-refractivity contribution in [2.75, 3.05) is 0 Å². The minimum absolute atomic E-state index is 0. The number of amides is 1. The smallest absolute Gasteiger partial charge is 0.812 e. The van der Waals surface area contributed by atoms with Crippen LogP contribution in [0.3, 0.4) is 0 Å². The third-order valence-corrected chi connectivity index (χ3v) is 3.38. The predicted octanol–water partition coefficient (Wildman–Crippen LogP) is -7.28. The molecule has 3 unspecified atom stereocenters. The van der Waals surface area contributed by atoms with E-state index in [2.05, 4.69) is 35.8 Å². The number of hydrogen-bond donors (Lipinski definition) is 2. The van der Waals surface area contributed by atoms with Gasteiger partial charge in [0.2, 0.25) is 5.91 Å². The molecule has 0 aromatic rings. The fourth-order valence-electron chi connectivity index (χ4n) is 1.95. The Bertz CT molecular complexity index is 445. The Balaban J connectivity index is -0.000000667. The summed E-state index contributed by atoms with van der Waals surface area (Å²) >= 11 is 0. The average Bonchev–Trinajstić information content (AvgIpc) is 2.24. The van der Waals surface area contributed by atoms with E-state index in [9.17, 15) is 14.3 Å². The van der Waals surface area contributed by atoms with E-state index in [1.54, 1.807) is 0 Å². The second-order valence-corrected chi connectivity index (χ2v) is 7.60. The van der Waals surface area contributed by atoms with Gasteiger partial charge in [0, 0.05) is 6.04 Å². The van der Waals surface area contributed by atoms with E-state index < -0.39 is 13.6 Å². The topological polar surface area (TPSA) is 81.3 Å². The van der Waals surface area contributed by atoms with Gasteiger partial charge in [0.25, 0.3) is 0 Å². The van der Waals surface area contributed by atoms with Gasteiger partial charge in [-0.1, -0.05) is 35.2 Å². The van der Waals surface area contributed by atoms with Gasteiger partial charge >= 0.3 is 154 Å². The van der Waals surface area contributed by atoms with Gasteiger partial charge in [0.05, 0.1) is 6.04 Å². The van der Waals surface area contributed by atoms with Crippen molar-refractivity contribution in [2.45, 2.75) is 52.6 Å². The average molecular weight is 431 g/mol. The zero-order valence-corrected chi connectivity index (χ0v) is 26.6. The molecule has 5 nitrogen and oxygen atoms in total. The summed E-state index contributed by atoms with van der Waals surface area (Å²) in [6.07, 6.45) is 1.09. The number of hydrogen-bond acceptors (Lipinski definition) is 3. The molecule has 0 fully saturated rings. The minimum Gasteiger partial charge on any atom is -0.812 e. The first-order valence-electron chi connectivity index (χ1n) is 7.06. The molecule has 1 amide bonds. The van der Waals surface area contributed by atoms with Gasteiger partial charge in [-0.05, 0) is 24.7 Å². The van der Waals surface area contributed by atoms with Gasteiger partial charge in [0.15, 0.2) is 0 Å². The summed E-state index contributed by atoms with van der Waals surface area (Å²) in [6.45, 7) is 14.4. The SMILES string of the molecule is [CH2-]C#CC(CC(C)C)NC(=O)C(CC(C)C)NP([CH2-])(=O)[O-].[K+].[K+].[K+]. The van der Waals surface area contributed by atoms with Crippen LogP contribution < -0.4 is 169 Å². The maximum Gasteiger partial charge on any atom is 1.00 e. The third-order valence-electron chi connectivity index (χ3n) is 2.68. The van der Waals surface area contributed by atoms with Gasteiger partial charge in [-0.3, -0.25) is 22.5 Å². The monoisotopic (exact) mass is 430 g/mol. The molecular formula is C15H26K3N2O3P. The van der Waals surface area contributed by atoms with Gasteiger partial charge in [-0.2, -0.15) is 6.92 Å². The Kier molecular flexibility index (Phi) is 28.0. The van der Waals surface area contributed by atoms with E-state index in [1.807, 2.05) is 27.7 Å².